The molecular formula is C25H25FN4O4S. The number of nitrogens with zero attached hydrogens (tertiary/aromatic N) is 2. The van der Waals surface area contributed by atoms with Crippen LogP contribution in [0.2, 0.25) is 0 Å². The lowest BCUT2D eigenvalue weighted by Crippen LogP contribution is -2.53. The van der Waals surface area contributed by atoms with Crippen molar-refractivity contribution in [1.82, 2.24) is 9.71 Å². The number of amidine groups is 1. The molecular weight excluding hydrogens is 471 g/mol. The van der Waals surface area contributed by atoms with Gasteiger partial charge in [-0.25, -0.2) is 22.5 Å². The quantitative estimate of drug-likeness (QED) is 0.555. The first-order chi connectivity index (χ1) is 16.5. The van der Waals surface area contributed by atoms with Crippen LogP contribution in [0.1, 0.15) is 53.5 Å². The minimum atomic E-state index is -3.97. The number of sulfonamides is 1. The standard InChI is InChI=1S/C25H25FN4O4S/c1-15(19-9-4-5-10-20(19)26)29-24-30-35(32,33)22(25(2,3)34-24)18-11-12-21(28-14-18)16-7-6-8-17(13-16)23(27)31/h4-15,22H,1-3H3,(H2,27,31)(H,29,30). The number of pyridine rings is 1. The second kappa shape index (κ2) is 9.10. The second-order valence-electron chi connectivity index (χ2n) is 8.79. The number of nitrogens with one attached hydrogen (secondary N) is 1. The molecule has 1 fully saturated rings. The average molecular weight is 497 g/mol. The van der Waals surface area contributed by atoms with Crippen LogP contribution in [0.4, 0.5) is 4.39 Å². The fourth-order valence-electron chi connectivity index (χ4n) is 4.13. The molecule has 1 aliphatic rings. The number of hydrogen-bond donors (Lipinski definition) is 2. The summed E-state index contributed by atoms with van der Waals surface area (Å²) in [4.78, 5) is 20.1. The molecule has 2 unspecified atom stereocenters. The number of primary amides is 1. The van der Waals surface area contributed by atoms with Crippen LogP contribution in [0.5, 0.6) is 0 Å². The van der Waals surface area contributed by atoms with Crippen LogP contribution in [0, 0.1) is 5.82 Å². The molecule has 182 valence electrons. The first-order valence-corrected chi connectivity index (χ1v) is 12.4. The van der Waals surface area contributed by atoms with Gasteiger partial charge in [-0.2, -0.15) is 0 Å². The van der Waals surface area contributed by atoms with E-state index in [4.69, 9.17) is 10.5 Å². The van der Waals surface area contributed by atoms with Crippen LogP contribution >= 0.6 is 0 Å². The lowest BCUT2D eigenvalue weighted by atomic mass is 9.98. The van der Waals surface area contributed by atoms with Gasteiger partial charge in [-0.3, -0.25) is 9.78 Å². The highest BCUT2D eigenvalue weighted by molar-refractivity contribution is 7.90. The molecule has 2 heterocycles. The maximum atomic E-state index is 14.1. The second-order valence-corrected chi connectivity index (χ2v) is 10.6. The van der Waals surface area contributed by atoms with E-state index in [9.17, 15) is 17.6 Å². The Morgan fingerprint density at radius 1 is 1.17 bits per heavy atom. The molecule has 1 saturated heterocycles. The summed E-state index contributed by atoms with van der Waals surface area (Å²) in [5.41, 5.74) is 6.45. The van der Waals surface area contributed by atoms with Gasteiger partial charge in [-0.15, -0.1) is 0 Å². The normalized spacial score (nSPS) is 20.5. The number of benzene rings is 2. The van der Waals surface area contributed by atoms with Gasteiger partial charge in [-0.05, 0) is 50.6 Å². The van der Waals surface area contributed by atoms with Gasteiger partial charge in [0.15, 0.2) is 0 Å². The Labute approximate surface area is 203 Å². The van der Waals surface area contributed by atoms with E-state index in [-0.39, 0.29) is 6.02 Å². The minimum absolute atomic E-state index is 0.199. The SMILES string of the molecule is CC(N=C1NS(=O)(=O)C(c2ccc(-c3cccc(C(N)=O)c3)nc2)C(C)(C)O1)c1ccccc1F. The summed E-state index contributed by atoms with van der Waals surface area (Å²) < 4.78 is 48.9. The molecule has 0 radical (unpaired) electrons. The number of carbonyl (C=O) groups excluding carboxylic acids is 1. The van der Waals surface area contributed by atoms with E-state index in [1.165, 1.54) is 12.3 Å². The number of nitrogens with two attached hydrogens (primary N) is 1. The molecule has 3 aromatic rings. The molecule has 0 spiro atoms. The van der Waals surface area contributed by atoms with Crippen molar-refractivity contribution in [2.75, 3.05) is 0 Å². The third-order valence-electron chi connectivity index (χ3n) is 5.73. The third kappa shape index (κ3) is 5.02. The van der Waals surface area contributed by atoms with Crippen molar-refractivity contribution >= 4 is 22.0 Å². The Kier molecular flexibility index (Phi) is 6.33. The Hall–Kier alpha value is -3.79. The molecule has 4 rings (SSSR count). The molecule has 10 heteroatoms. The van der Waals surface area contributed by atoms with Gasteiger partial charge in [0, 0.05) is 22.9 Å². The fourth-order valence-corrected chi connectivity index (χ4v) is 5.88. The number of halogens is 1. The van der Waals surface area contributed by atoms with E-state index in [2.05, 4.69) is 14.7 Å². The van der Waals surface area contributed by atoms with Crippen molar-refractivity contribution in [3.63, 3.8) is 0 Å². The molecule has 0 aliphatic carbocycles. The average Bonchev–Trinajstić information content (AvgIpc) is 2.78. The summed E-state index contributed by atoms with van der Waals surface area (Å²) in [7, 11) is -3.97. The van der Waals surface area contributed by atoms with Gasteiger partial charge in [0.1, 0.15) is 16.7 Å². The first kappa shape index (κ1) is 24.3. The fraction of sp³-hybridized carbons (Fsp3) is 0.240. The van der Waals surface area contributed by atoms with Crippen molar-refractivity contribution in [2.24, 2.45) is 10.7 Å². The van der Waals surface area contributed by atoms with Crippen molar-refractivity contribution < 1.29 is 22.3 Å². The van der Waals surface area contributed by atoms with Crippen LogP contribution in [0.25, 0.3) is 11.3 Å². The monoisotopic (exact) mass is 496 g/mol. The van der Waals surface area contributed by atoms with E-state index < -0.39 is 38.6 Å². The minimum Gasteiger partial charge on any atom is -0.457 e. The zero-order valence-corrected chi connectivity index (χ0v) is 20.2. The highest BCUT2D eigenvalue weighted by Crippen LogP contribution is 2.39. The zero-order valence-electron chi connectivity index (χ0n) is 19.4. The predicted molar refractivity (Wildman–Crippen MR) is 130 cm³/mol. The Balaban J connectivity index is 1.61. The number of ether oxygens (including phenoxy) is 1. The van der Waals surface area contributed by atoms with Gasteiger partial charge < -0.3 is 10.5 Å². The van der Waals surface area contributed by atoms with Crippen molar-refractivity contribution in [2.45, 2.75) is 37.7 Å². The number of hydrogen-bond acceptors (Lipinski definition) is 6. The first-order valence-electron chi connectivity index (χ1n) is 10.9. The molecule has 2 atom stereocenters. The summed E-state index contributed by atoms with van der Waals surface area (Å²) in [6, 6.07) is 15.3. The summed E-state index contributed by atoms with van der Waals surface area (Å²) in [6.45, 7) is 4.94. The number of carbonyl (C=O) groups is 1. The van der Waals surface area contributed by atoms with Crippen LogP contribution < -0.4 is 10.5 Å². The molecule has 8 nitrogen and oxygen atoms in total. The molecule has 1 aromatic heterocycles. The molecule has 0 saturated carbocycles. The summed E-state index contributed by atoms with van der Waals surface area (Å²) in [5, 5.41) is -1.09. The Bertz CT molecular complexity index is 1400. The molecule has 3 N–H and O–H groups in total. The van der Waals surface area contributed by atoms with Gasteiger partial charge in [-0.1, -0.05) is 36.4 Å². The van der Waals surface area contributed by atoms with Gasteiger partial charge >= 0.3 is 0 Å². The van der Waals surface area contributed by atoms with Gasteiger partial charge in [0.05, 0.1) is 11.7 Å². The Morgan fingerprint density at radius 3 is 2.54 bits per heavy atom. The summed E-state index contributed by atoms with van der Waals surface area (Å²) >= 11 is 0. The lowest BCUT2D eigenvalue weighted by Gasteiger charge is -2.39. The lowest BCUT2D eigenvalue weighted by molar-refractivity contribution is 0.0760. The van der Waals surface area contributed by atoms with E-state index in [0.717, 1.165) is 0 Å². The van der Waals surface area contributed by atoms with Crippen LogP contribution in [0.3, 0.4) is 0 Å². The van der Waals surface area contributed by atoms with Crippen molar-refractivity contribution in [3.05, 3.63) is 89.4 Å². The molecule has 35 heavy (non-hydrogen) atoms. The van der Waals surface area contributed by atoms with Gasteiger partial charge in [0.25, 0.3) is 6.02 Å². The number of aliphatic imine (C=N–C) groups is 1. The third-order valence-corrected chi connectivity index (χ3v) is 7.65. The maximum absolute atomic E-state index is 14.1. The van der Waals surface area contributed by atoms with Crippen molar-refractivity contribution in [3.8, 4) is 11.3 Å². The molecule has 1 aliphatic heterocycles. The summed E-state index contributed by atoms with van der Waals surface area (Å²) in [5.74, 6) is -0.990. The van der Waals surface area contributed by atoms with Crippen LogP contribution in [-0.2, 0) is 14.8 Å². The topological polar surface area (TPSA) is 124 Å². The zero-order chi connectivity index (χ0) is 25.4. The Morgan fingerprint density at radius 2 is 1.91 bits per heavy atom. The molecule has 0 bridgehead atoms. The number of rotatable bonds is 5. The number of aromatic nitrogens is 1. The van der Waals surface area contributed by atoms with E-state index in [1.807, 2.05) is 0 Å². The van der Waals surface area contributed by atoms with Crippen LogP contribution in [-0.4, -0.2) is 30.9 Å². The highest BCUT2D eigenvalue weighted by Gasteiger charge is 2.48. The van der Waals surface area contributed by atoms with E-state index in [1.54, 1.807) is 75.4 Å². The molecule has 1 amide bonds. The maximum Gasteiger partial charge on any atom is 0.299 e. The molecule has 2 aromatic carbocycles. The smallest absolute Gasteiger partial charge is 0.299 e. The highest BCUT2D eigenvalue weighted by atomic mass is 32.2. The number of amides is 1. The van der Waals surface area contributed by atoms with Gasteiger partial charge in [0.2, 0.25) is 15.9 Å². The predicted octanol–water partition coefficient (Wildman–Crippen LogP) is 3.87. The van der Waals surface area contributed by atoms with Crippen molar-refractivity contribution in [1.29, 1.82) is 0 Å². The van der Waals surface area contributed by atoms with E-state index in [0.29, 0.717) is 27.9 Å². The summed E-state index contributed by atoms with van der Waals surface area (Å²) in [6.07, 6.45) is 1.46. The van der Waals surface area contributed by atoms with Crippen LogP contribution in [0.15, 0.2) is 71.9 Å². The largest absolute Gasteiger partial charge is 0.457 e. The van der Waals surface area contributed by atoms with E-state index >= 15 is 0 Å².